The summed E-state index contributed by atoms with van der Waals surface area (Å²) in [6, 6.07) is 19.0. The third-order valence-corrected chi connectivity index (χ3v) is 5.71. The van der Waals surface area contributed by atoms with Crippen molar-refractivity contribution < 1.29 is 22.3 Å². The number of nitrogens with zero attached hydrogens (tertiary/aromatic N) is 1. The van der Waals surface area contributed by atoms with Gasteiger partial charge in [-0.3, -0.25) is 9.10 Å². The third kappa shape index (κ3) is 5.95. The van der Waals surface area contributed by atoms with Crippen molar-refractivity contribution in [2.75, 3.05) is 22.5 Å². The zero-order valence-electron chi connectivity index (χ0n) is 17.5. The summed E-state index contributed by atoms with van der Waals surface area (Å²) < 4.78 is 45.1. The predicted molar refractivity (Wildman–Crippen MR) is 124 cm³/mol. The van der Waals surface area contributed by atoms with Crippen molar-refractivity contribution in [3.63, 3.8) is 0 Å². The molecule has 3 aromatic carbocycles. The van der Waals surface area contributed by atoms with Gasteiger partial charge in [0.1, 0.15) is 18.2 Å². The van der Waals surface area contributed by atoms with Crippen LogP contribution in [0.15, 0.2) is 85.5 Å². The number of hydrogen-bond acceptors (Lipinski definition) is 4. The summed E-state index contributed by atoms with van der Waals surface area (Å²) in [4.78, 5) is 12.5. The van der Waals surface area contributed by atoms with Crippen molar-refractivity contribution in [1.82, 2.24) is 0 Å². The minimum absolute atomic E-state index is 0.155. The number of sulfonamides is 1. The Balaban J connectivity index is 1.74. The number of carbonyl (C=O) groups excluding carboxylic acids is 1. The molecule has 0 spiro atoms. The van der Waals surface area contributed by atoms with E-state index in [1.54, 1.807) is 42.5 Å². The van der Waals surface area contributed by atoms with E-state index in [0.29, 0.717) is 29.3 Å². The minimum Gasteiger partial charge on any atom is -0.490 e. The van der Waals surface area contributed by atoms with Gasteiger partial charge in [0.15, 0.2) is 0 Å². The van der Waals surface area contributed by atoms with Crippen LogP contribution in [-0.4, -0.2) is 27.2 Å². The van der Waals surface area contributed by atoms with E-state index in [0.717, 1.165) is 10.6 Å². The molecule has 0 aromatic heterocycles. The van der Waals surface area contributed by atoms with Crippen LogP contribution in [0, 0.1) is 5.82 Å². The summed E-state index contributed by atoms with van der Waals surface area (Å²) >= 11 is 0. The lowest BCUT2D eigenvalue weighted by atomic mass is 10.1. The fourth-order valence-corrected chi connectivity index (χ4v) is 3.83. The molecule has 0 bridgehead atoms. The average Bonchev–Trinajstić information content (AvgIpc) is 2.77. The van der Waals surface area contributed by atoms with Crippen molar-refractivity contribution in [3.8, 4) is 5.75 Å². The second-order valence-electron chi connectivity index (χ2n) is 6.99. The van der Waals surface area contributed by atoms with Gasteiger partial charge >= 0.3 is 0 Å². The van der Waals surface area contributed by atoms with Crippen LogP contribution >= 0.6 is 0 Å². The normalized spacial score (nSPS) is 10.9. The minimum atomic E-state index is -3.68. The highest BCUT2D eigenvalue weighted by Gasteiger charge is 2.20. The van der Waals surface area contributed by atoms with E-state index < -0.39 is 15.8 Å². The van der Waals surface area contributed by atoms with Crippen LogP contribution in [0.5, 0.6) is 5.75 Å². The van der Waals surface area contributed by atoms with E-state index >= 15 is 0 Å². The first-order valence-electron chi connectivity index (χ1n) is 9.74. The Morgan fingerprint density at radius 1 is 1.06 bits per heavy atom. The maximum atomic E-state index is 14.0. The lowest BCUT2D eigenvalue weighted by Gasteiger charge is -2.23. The Hall–Kier alpha value is -3.65. The van der Waals surface area contributed by atoms with E-state index in [1.165, 1.54) is 36.4 Å². The van der Waals surface area contributed by atoms with Gasteiger partial charge in [-0.2, -0.15) is 0 Å². The summed E-state index contributed by atoms with van der Waals surface area (Å²) in [5.74, 6) is -0.183. The topological polar surface area (TPSA) is 75.7 Å². The predicted octanol–water partition coefficient (Wildman–Crippen LogP) is 4.61. The SMILES string of the molecule is C=CCOc1ccc(NC(=O)c2ccc(N(Cc3ccccc3F)S(C)(=O)=O)cc2)cc1. The first-order valence-corrected chi connectivity index (χ1v) is 11.6. The molecule has 3 rings (SSSR count). The molecule has 0 aliphatic carbocycles. The van der Waals surface area contributed by atoms with Gasteiger partial charge in [-0.1, -0.05) is 30.9 Å². The average molecular weight is 455 g/mol. The van der Waals surface area contributed by atoms with Crippen molar-refractivity contribution in [2.45, 2.75) is 6.54 Å². The Kier molecular flexibility index (Phi) is 7.27. The number of carbonyl (C=O) groups is 1. The van der Waals surface area contributed by atoms with Crippen LogP contribution in [0.3, 0.4) is 0 Å². The molecule has 32 heavy (non-hydrogen) atoms. The monoisotopic (exact) mass is 454 g/mol. The van der Waals surface area contributed by atoms with E-state index in [-0.39, 0.29) is 18.0 Å². The zero-order chi connectivity index (χ0) is 23.1. The van der Waals surface area contributed by atoms with Gasteiger partial charge in [-0.15, -0.1) is 0 Å². The number of ether oxygens (including phenoxy) is 1. The molecule has 0 radical (unpaired) electrons. The number of benzene rings is 3. The second-order valence-corrected chi connectivity index (χ2v) is 8.89. The molecule has 6 nitrogen and oxygen atoms in total. The van der Waals surface area contributed by atoms with E-state index in [2.05, 4.69) is 11.9 Å². The Morgan fingerprint density at radius 2 is 1.72 bits per heavy atom. The fourth-order valence-electron chi connectivity index (χ4n) is 2.95. The molecule has 0 heterocycles. The second kappa shape index (κ2) is 10.1. The number of nitrogens with one attached hydrogen (secondary N) is 1. The summed E-state index contributed by atoms with van der Waals surface area (Å²) in [5.41, 5.74) is 1.51. The zero-order valence-corrected chi connectivity index (χ0v) is 18.3. The van der Waals surface area contributed by atoms with Gasteiger partial charge in [0.25, 0.3) is 5.91 Å². The number of amides is 1. The molecule has 1 N–H and O–H groups in total. The lowest BCUT2D eigenvalue weighted by molar-refractivity contribution is 0.102. The van der Waals surface area contributed by atoms with Crippen LogP contribution in [0.25, 0.3) is 0 Å². The fraction of sp³-hybridized carbons (Fsp3) is 0.125. The largest absolute Gasteiger partial charge is 0.490 e. The molecule has 0 aliphatic rings. The number of anilines is 2. The standard InChI is InChI=1S/C24H23FN2O4S/c1-3-16-31-22-14-10-20(11-15-22)26-24(28)18-8-12-21(13-9-18)27(32(2,29)30)17-19-6-4-5-7-23(19)25/h3-15H,1,16-17H2,2H3,(H,26,28). The molecular formula is C24H23FN2O4S. The van der Waals surface area contributed by atoms with E-state index in [9.17, 15) is 17.6 Å². The molecule has 3 aromatic rings. The van der Waals surface area contributed by atoms with Crippen LogP contribution in [0.1, 0.15) is 15.9 Å². The quantitative estimate of drug-likeness (QED) is 0.479. The third-order valence-electron chi connectivity index (χ3n) is 4.57. The Morgan fingerprint density at radius 3 is 2.31 bits per heavy atom. The van der Waals surface area contributed by atoms with Crippen molar-refractivity contribution >= 4 is 27.3 Å². The summed E-state index contributed by atoms with van der Waals surface area (Å²) in [6.45, 7) is 3.82. The van der Waals surface area contributed by atoms with Crippen LogP contribution in [0.2, 0.25) is 0 Å². The van der Waals surface area contributed by atoms with E-state index in [1.807, 2.05) is 0 Å². The summed E-state index contributed by atoms with van der Waals surface area (Å²) in [6.07, 6.45) is 2.69. The molecule has 0 atom stereocenters. The maximum absolute atomic E-state index is 14.0. The Labute approximate surface area is 187 Å². The van der Waals surface area contributed by atoms with Crippen molar-refractivity contribution in [2.24, 2.45) is 0 Å². The highest BCUT2D eigenvalue weighted by Crippen LogP contribution is 2.23. The van der Waals surface area contributed by atoms with Gasteiger partial charge in [-0.05, 0) is 54.6 Å². The van der Waals surface area contributed by atoms with Crippen LogP contribution < -0.4 is 14.4 Å². The molecular weight excluding hydrogens is 431 g/mol. The number of rotatable bonds is 9. The van der Waals surface area contributed by atoms with Crippen LogP contribution in [-0.2, 0) is 16.6 Å². The molecule has 0 saturated carbocycles. The number of hydrogen-bond donors (Lipinski definition) is 1. The van der Waals surface area contributed by atoms with Gasteiger partial charge in [0.05, 0.1) is 18.5 Å². The van der Waals surface area contributed by atoms with Gasteiger partial charge in [0, 0.05) is 16.8 Å². The molecule has 0 saturated heterocycles. The lowest BCUT2D eigenvalue weighted by Crippen LogP contribution is -2.29. The van der Waals surface area contributed by atoms with Gasteiger partial charge in [-0.25, -0.2) is 12.8 Å². The molecule has 0 aliphatic heterocycles. The maximum Gasteiger partial charge on any atom is 0.255 e. The first-order chi connectivity index (χ1) is 15.3. The van der Waals surface area contributed by atoms with Crippen molar-refractivity contribution in [3.05, 3.63) is 102 Å². The smallest absolute Gasteiger partial charge is 0.255 e. The Bertz CT molecular complexity index is 1190. The first kappa shape index (κ1) is 23.0. The van der Waals surface area contributed by atoms with Gasteiger partial charge in [0.2, 0.25) is 10.0 Å². The van der Waals surface area contributed by atoms with Gasteiger partial charge < -0.3 is 10.1 Å². The highest BCUT2D eigenvalue weighted by atomic mass is 32.2. The molecule has 166 valence electrons. The number of halogens is 1. The van der Waals surface area contributed by atoms with E-state index in [4.69, 9.17) is 4.74 Å². The summed E-state index contributed by atoms with van der Waals surface area (Å²) in [7, 11) is -3.68. The van der Waals surface area contributed by atoms with Crippen molar-refractivity contribution in [1.29, 1.82) is 0 Å². The molecule has 0 fully saturated rings. The summed E-state index contributed by atoms with van der Waals surface area (Å²) in [5, 5.41) is 2.77. The van der Waals surface area contributed by atoms with Crippen LogP contribution in [0.4, 0.5) is 15.8 Å². The molecule has 0 unspecified atom stereocenters. The highest BCUT2D eigenvalue weighted by molar-refractivity contribution is 7.92. The molecule has 1 amide bonds. The molecule has 8 heteroatoms.